The molecule has 0 fully saturated rings. The fourth-order valence-electron chi connectivity index (χ4n) is 0.911. The van der Waals surface area contributed by atoms with E-state index in [2.05, 4.69) is 15.4 Å². The summed E-state index contributed by atoms with van der Waals surface area (Å²) in [5, 5.41) is 6.54. The third-order valence-corrected chi connectivity index (χ3v) is 1.46. The fraction of sp³-hybridized carbons (Fsp3) is 0.571. The number of carbonyl (C=O) groups is 1. The van der Waals surface area contributed by atoms with Gasteiger partial charge in [-0.25, -0.2) is 9.67 Å². The highest BCUT2D eigenvalue weighted by Gasteiger charge is 2.10. The van der Waals surface area contributed by atoms with Gasteiger partial charge in [-0.15, -0.1) is 0 Å². The summed E-state index contributed by atoms with van der Waals surface area (Å²) in [4.78, 5) is 15.1. The minimum Gasteiger partial charge on any atom is -0.350 e. The van der Waals surface area contributed by atoms with Crippen LogP contribution in [0.25, 0.3) is 0 Å². The topological polar surface area (TPSA) is 59.8 Å². The summed E-state index contributed by atoms with van der Waals surface area (Å²) >= 11 is 0. The van der Waals surface area contributed by atoms with Crippen molar-refractivity contribution in [2.75, 3.05) is 6.54 Å². The van der Waals surface area contributed by atoms with E-state index in [0.29, 0.717) is 18.9 Å². The van der Waals surface area contributed by atoms with Crippen molar-refractivity contribution in [1.82, 2.24) is 20.1 Å². The molecule has 66 valence electrons. The van der Waals surface area contributed by atoms with Crippen molar-refractivity contribution in [2.24, 2.45) is 0 Å². The summed E-state index contributed by atoms with van der Waals surface area (Å²) in [7, 11) is 0. The average Bonchev–Trinajstić information content (AvgIpc) is 2.51. The first-order valence-corrected chi connectivity index (χ1v) is 3.95. The zero-order chi connectivity index (χ0) is 8.97. The van der Waals surface area contributed by atoms with Gasteiger partial charge in [0.05, 0.1) is 0 Å². The van der Waals surface area contributed by atoms with Crippen LogP contribution in [0.2, 0.25) is 0 Å². The molecular weight excluding hydrogens is 156 g/mol. The molecule has 0 saturated carbocycles. The second-order valence-corrected chi connectivity index (χ2v) is 2.26. The predicted octanol–water partition coefficient (Wildman–Crippen LogP) is 0.0477. The van der Waals surface area contributed by atoms with Crippen LogP contribution in [0.15, 0.2) is 6.33 Å². The van der Waals surface area contributed by atoms with Crippen LogP contribution in [-0.4, -0.2) is 27.2 Å². The van der Waals surface area contributed by atoms with Gasteiger partial charge in [0.15, 0.2) is 0 Å². The Kier molecular flexibility index (Phi) is 2.79. The van der Waals surface area contributed by atoms with Gasteiger partial charge in [-0.3, -0.25) is 4.79 Å². The summed E-state index contributed by atoms with van der Waals surface area (Å²) in [5.74, 6) is 0.205. The highest BCUT2D eigenvalue weighted by atomic mass is 16.2. The Balaban J connectivity index is 2.79. The molecule has 0 saturated heterocycles. The molecular formula is C7H12N4O. The smallest absolute Gasteiger partial charge is 0.288 e. The standard InChI is InChI=1S/C7H12N4O/c1-3-8-7(12)6-9-5-10-11(6)4-2/h5H,3-4H2,1-2H3,(H,8,12). The van der Waals surface area contributed by atoms with E-state index in [0.717, 1.165) is 0 Å². The van der Waals surface area contributed by atoms with Crippen molar-refractivity contribution in [2.45, 2.75) is 20.4 Å². The molecule has 0 radical (unpaired) electrons. The number of aryl methyl sites for hydroxylation is 1. The number of hydrogen-bond donors (Lipinski definition) is 1. The molecule has 1 aromatic rings. The van der Waals surface area contributed by atoms with Gasteiger partial charge >= 0.3 is 0 Å². The lowest BCUT2D eigenvalue weighted by Crippen LogP contribution is -2.26. The number of aromatic nitrogens is 3. The second-order valence-electron chi connectivity index (χ2n) is 2.26. The third kappa shape index (κ3) is 1.61. The number of nitrogens with zero attached hydrogens (tertiary/aromatic N) is 3. The highest BCUT2D eigenvalue weighted by Crippen LogP contribution is 1.92. The van der Waals surface area contributed by atoms with Gasteiger partial charge < -0.3 is 5.32 Å². The lowest BCUT2D eigenvalue weighted by Gasteiger charge is -2.01. The van der Waals surface area contributed by atoms with Gasteiger partial charge in [0.2, 0.25) is 5.82 Å². The van der Waals surface area contributed by atoms with E-state index in [9.17, 15) is 4.79 Å². The maximum absolute atomic E-state index is 11.3. The molecule has 12 heavy (non-hydrogen) atoms. The molecule has 0 aliphatic carbocycles. The normalized spacial score (nSPS) is 9.83. The molecule has 5 heteroatoms. The monoisotopic (exact) mass is 168 g/mol. The molecule has 1 N–H and O–H groups in total. The quantitative estimate of drug-likeness (QED) is 0.693. The molecule has 1 aromatic heterocycles. The van der Waals surface area contributed by atoms with E-state index >= 15 is 0 Å². The van der Waals surface area contributed by atoms with Crippen molar-refractivity contribution < 1.29 is 4.79 Å². The summed E-state index contributed by atoms with van der Waals surface area (Å²) in [6.07, 6.45) is 1.38. The van der Waals surface area contributed by atoms with Crippen molar-refractivity contribution in [3.63, 3.8) is 0 Å². The molecule has 1 heterocycles. The van der Waals surface area contributed by atoms with Crippen molar-refractivity contribution in [3.05, 3.63) is 12.2 Å². The molecule has 1 amide bonds. The Bertz CT molecular complexity index is 268. The van der Waals surface area contributed by atoms with E-state index in [-0.39, 0.29) is 5.91 Å². The third-order valence-electron chi connectivity index (χ3n) is 1.46. The van der Waals surface area contributed by atoms with Crippen LogP contribution in [0.5, 0.6) is 0 Å². The molecule has 0 unspecified atom stereocenters. The zero-order valence-corrected chi connectivity index (χ0v) is 7.24. The molecule has 0 aliphatic heterocycles. The van der Waals surface area contributed by atoms with Gasteiger partial charge in [-0.1, -0.05) is 0 Å². The predicted molar refractivity (Wildman–Crippen MR) is 43.7 cm³/mol. The molecule has 1 rings (SSSR count). The lowest BCUT2D eigenvalue weighted by atomic mass is 10.5. The average molecular weight is 168 g/mol. The first-order valence-electron chi connectivity index (χ1n) is 3.95. The number of rotatable bonds is 3. The fourth-order valence-corrected chi connectivity index (χ4v) is 0.911. The van der Waals surface area contributed by atoms with Gasteiger partial charge in [0.25, 0.3) is 5.91 Å². The number of amides is 1. The Labute approximate surface area is 70.8 Å². The SMILES string of the molecule is CCNC(=O)c1ncnn1CC. The van der Waals surface area contributed by atoms with Crippen molar-refractivity contribution >= 4 is 5.91 Å². The van der Waals surface area contributed by atoms with Crippen LogP contribution >= 0.6 is 0 Å². The Morgan fingerprint density at radius 2 is 2.42 bits per heavy atom. The number of hydrogen-bond acceptors (Lipinski definition) is 3. The van der Waals surface area contributed by atoms with Crippen LogP contribution in [0.4, 0.5) is 0 Å². The van der Waals surface area contributed by atoms with Gasteiger partial charge in [-0.05, 0) is 13.8 Å². The molecule has 0 aliphatic rings. The van der Waals surface area contributed by atoms with Gasteiger partial charge in [-0.2, -0.15) is 5.10 Å². The molecule has 0 aromatic carbocycles. The van der Waals surface area contributed by atoms with Gasteiger partial charge in [0.1, 0.15) is 6.33 Å². The summed E-state index contributed by atoms with van der Waals surface area (Å²) in [5.41, 5.74) is 0. The van der Waals surface area contributed by atoms with E-state index in [1.54, 1.807) is 4.68 Å². The maximum Gasteiger partial charge on any atom is 0.288 e. The van der Waals surface area contributed by atoms with Gasteiger partial charge in [0, 0.05) is 13.1 Å². The minimum atomic E-state index is -0.170. The summed E-state index contributed by atoms with van der Waals surface area (Å²) in [6.45, 7) is 5.05. The first-order chi connectivity index (χ1) is 5.79. The van der Waals surface area contributed by atoms with E-state index in [4.69, 9.17) is 0 Å². The molecule has 5 nitrogen and oxygen atoms in total. The Morgan fingerprint density at radius 3 is 3.00 bits per heavy atom. The van der Waals surface area contributed by atoms with Crippen molar-refractivity contribution in [1.29, 1.82) is 0 Å². The Morgan fingerprint density at radius 1 is 1.67 bits per heavy atom. The van der Waals surface area contributed by atoms with Crippen molar-refractivity contribution in [3.8, 4) is 0 Å². The molecule has 0 bridgehead atoms. The first kappa shape index (κ1) is 8.70. The zero-order valence-electron chi connectivity index (χ0n) is 7.24. The van der Waals surface area contributed by atoms with Crippen LogP contribution in [-0.2, 0) is 6.54 Å². The van der Waals surface area contributed by atoms with E-state index in [1.807, 2.05) is 13.8 Å². The largest absolute Gasteiger partial charge is 0.350 e. The van der Waals surface area contributed by atoms with E-state index in [1.165, 1.54) is 6.33 Å². The summed E-state index contributed by atoms with van der Waals surface area (Å²) in [6, 6.07) is 0. The second kappa shape index (κ2) is 3.85. The van der Waals surface area contributed by atoms with Crippen LogP contribution in [0.3, 0.4) is 0 Å². The lowest BCUT2D eigenvalue weighted by molar-refractivity contribution is 0.0940. The minimum absolute atomic E-state index is 0.170. The van der Waals surface area contributed by atoms with E-state index < -0.39 is 0 Å². The number of carbonyl (C=O) groups excluding carboxylic acids is 1. The highest BCUT2D eigenvalue weighted by molar-refractivity contribution is 5.90. The Hall–Kier alpha value is -1.39. The number of nitrogens with one attached hydrogen (secondary N) is 1. The maximum atomic E-state index is 11.3. The molecule has 0 spiro atoms. The van der Waals surface area contributed by atoms with Crippen LogP contribution < -0.4 is 5.32 Å². The van der Waals surface area contributed by atoms with Crippen LogP contribution in [0.1, 0.15) is 24.5 Å². The summed E-state index contributed by atoms with van der Waals surface area (Å²) < 4.78 is 1.56. The molecule has 0 atom stereocenters. The van der Waals surface area contributed by atoms with Crippen LogP contribution in [0, 0.1) is 0 Å².